The van der Waals surface area contributed by atoms with Crippen LogP contribution in [0.3, 0.4) is 0 Å². The fraction of sp³-hybridized carbons (Fsp3) is 0.308. The van der Waals surface area contributed by atoms with Gasteiger partial charge in [-0.25, -0.2) is 4.98 Å². The molecule has 1 N–H and O–H groups in total. The number of aliphatic carboxylic acids is 1. The summed E-state index contributed by atoms with van der Waals surface area (Å²) in [6.45, 7) is 0. The smallest absolute Gasteiger partial charge is 0.306 e. The summed E-state index contributed by atoms with van der Waals surface area (Å²) in [5.41, 5.74) is 1.92. The maximum absolute atomic E-state index is 11.0. The molecule has 0 amide bonds. The molecule has 0 saturated carbocycles. The van der Waals surface area contributed by atoms with Crippen LogP contribution in [-0.4, -0.2) is 21.0 Å². The molecule has 3 rings (SSSR count). The Kier molecular flexibility index (Phi) is 2.83. The normalized spacial score (nSPS) is 18.3. The Hall–Kier alpha value is -1.75. The van der Waals surface area contributed by atoms with E-state index in [1.807, 2.05) is 18.2 Å². The van der Waals surface area contributed by atoms with Crippen molar-refractivity contribution in [2.75, 3.05) is 0 Å². The number of hydrogen-bond donors (Lipinski definition) is 1. The number of hydrogen-bond acceptors (Lipinski definition) is 4. The minimum Gasteiger partial charge on any atom is -0.481 e. The molecule has 1 aliphatic rings. The molecular weight excluding hydrogens is 248 g/mol. The Balaban J connectivity index is 1.92. The first-order valence-electron chi connectivity index (χ1n) is 5.87. The fourth-order valence-corrected chi connectivity index (χ4v) is 3.35. The zero-order valence-electron chi connectivity index (χ0n) is 9.67. The van der Waals surface area contributed by atoms with Crippen LogP contribution in [0.15, 0.2) is 24.4 Å². The highest BCUT2D eigenvalue weighted by Gasteiger charge is 2.27. The average molecular weight is 260 g/mol. The van der Waals surface area contributed by atoms with Gasteiger partial charge in [0, 0.05) is 11.1 Å². The Labute approximate surface area is 108 Å². The summed E-state index contributed by atoms with van der Waals surface area (Å²) < 4.78 is 0. The number of rotatable bonds is 2. The van der Waals surface area contributed by atoms with Crippen molar-refractivity contribution in [1.29, 1.82) is 0 Å². The third kappa shape index (κ3) is 2.01. The molecule has 0 aliphatic heterocycles. The van der Waals surface area contributed by atoms with Gasteiger partial charge in [-0.2, -0.15) is 0 Å². The molecule has 92 valence electrons. The van der Waals surface area contributed by atoms with Crippen molar-refractivity contribution >= 4 is 17.3 Å². The second kappa shape index (κ2) is 4.49. The van der Waals surface area contributed by atoms with Gasteiger partial charge in [-0.05, 0) is 31.4 Å². The van der Waals surface area contributed by atoms with E-state index in [0.29, 0.717) is 12.8 Å². The maximum atomic E-state index is 11.0. The van der Waals surface area contributed by atoms with Gasteiger partial charge in [-0.1, -0.05) is 6.07 Å². The summed E-state index contributed by atoms with van der Waals surface area (Å²) in [4.78, 5) is 21.0. The van der Waals surface area contributed by atoms with Gasteiger partial charge in [0.05, 0.1) is 17.3 Å². The van der Waals surface area contributed by atoms with E-state index in [9.17, 15) is 4.79 Å². The zero-order chi connectivity index (χ0) is 12.5. The number of carbonyl (C=O) groups is 1. The van der Waals surface area contributed by atoms with Gasteiger partial charge in [-0.3, -0.25) is 9.78 Å². The van der Waals surface area contributed by atoms with Crippen LogP contribution in [0.5, 0.6) is 0 Å². The van der Waals surface area contributed by atoms with Gasteiger partial charge in [-0.15, -0.1) is 11.3 Å². The third-order valence-electron chi connectivity index (χ3n) is 3.17. The minimum atomic E-state index is -0.701. The highest BCUT2D eigenvalue weighted by atomic mass is 32.1. The Bertz CT molecular complexity index is 580. The molecule has 0 aromatic carbocycles. The highest BCUT2D eigenvalue weighted by molar-refractivity contribution is 7.15. The van der Waals surface area contributed by atoms with Crippen LogP contribution in [0.2, 0.25) is 0 Å². The molecule has 0 radical (unpaired) electrons. The van der Waals surface area contributed by atoms with Crippen molar-refractivity contribution in [1.82, 2.24) is 9.97 Å². The minimum absolute atomic E-state index is 0.255. The second-order valence-corrected chi connectivity index (χ2v) is 5.47. The molecule has 2 aromatic rings. The molecule has 1 unspecified atom stereocenters. The van der Waals surface area contributed by atoms with Crippen molar-refractivity contribution in [3.05, 3.63) is 35.0 Å². The molecule has 2 heterocycles. The standard InChI is InChI=1S/C13H12N2O2S/c16-13(17)8-4-5-9-11(7-8)18-12(15-9)10-3-1-2-6-14-10/h1-3,6,8H,4-5,7H2,(H,16,17). The lowest BCUT2D eigenvalue weighted by molar-refractivity contribution is -0.142. The van der Waals surface area contributed by atoms with Gasteiger partial charge in [0.2, 0.25) is 0 Å². The number of pyridine rings is 1. The van der Waals surface area contributed by atoms with Crippen molar-refractivity contribution in [2.45, 2.75) is 19.3 Å². The first kappa shape index (κ1) is 11.3. The summed E-state index contributed by atoms with van der Waals surface area (Å²) in [6.07, 6.45) is 3.80. The topological polar surface area (TPSA) is 63.1 Å². The largest absolute Gasteiger partial charge is 0.481 e. The number of aromatic nitrogens is 2. The predicted molar refractivity (Wildman–Crippen MR) is 68.5 cm³/mol. The summed E-state index contributed by atoms with van der Waals surface area (Å²) in [6, 6.07) is 5.74. The number of carboxylic acids is 1. The summed E-state index contributed by atoms with van der Waals surface area (Å²) in [7, 11) is 0. The number of fused-ring (bicyclic) bond motifs is 1. The van der Waals surface area contributed by atoms with Crippen molar-refractivity contribution in [3.8, 4) is 10.7 Å². The number of aryl methyl sites for hydroxylation is 1. The number of carboxylic acid groups (broad SMARTS) is 1. The monoisotopic (exact) mass is 260 g/mol. The average Bonchev–Trinajstić information content (AvgIpc) is 2.82. The van der Waals surface area contributed by atoms with Crippen LogP contribution in [0.1, 0.15) is 17.0 Å². The summed E-state index contributed by atoms with van der Waals surface area (Å²) >= 11 is 1.57. The molecule has 0 fully saturated rings. The van der Waals surface area contributed by atoms with E-state index in [0.717, 1.165) is 27.7 Å². The molecule has 1 atom stereocenters. The van der Waals surface area contributed by atoms with Crippen LogP contribution in [0, 0.1) is 5.92 Å². The Morgan fingerprint density at radius 3 is 3.06 bits per heavy atom. The number of thiazole rings is 1. The van der Waals surface area contributed by atoms with E-state index < -0.39 is 5.97 Å². The van der Waals surface area contributed by atoms with Crippen LogP contribution >= 0.6 is 11.3 Å². The summed E-state index contributed by atoms with van der Waals surface area (Å²) in [5, 5.41) is 9.95. The lowest BCUT2D eigenvalue weighted by Gasteiger charge is -2.16. The van der Waals surface area contributed by atoms with Gasteiger partial charge < -0.3 is 5.11 Å². The SMILES string of the molecule is O=C(O)C1CCc2nc(-c3ccccn3)sc2C1. The molecule has 0 spiro atoms. The highest BCUT2D eigenvalue weighted by Crippen LogP contribution is 2.33. The van der Waals surface area contributed by atoms with Crippen molar-refractivity contribution in [3.63, 3.8) is 0 Å². The Morgan fingerprint density at radius 1 is 1.44 bits per heavy atom. The molecule has 1 aliphatic carbocycles. The van der Waals surface area contributed by atoms with Crippen LogP contribution in [-0.2, 0) is 17.6 Å². The second-order valence-electron chi connectivity index (χ2n) is 4.38. The fourth-order valence-electron chi connectivity index (χ4n) is 2.18. The lowest BCUT2D eigenvalue weighted by atomic mass is 9.91. The molecule has 0 saturated heterocycles. The third-order valence-corrected chi connectivity index (χ3v) is 4.32. The van der Waals surface area contributed by atoms with E-state index in [1.54, 1.807) is 17.5 Å². The van der Waals surface area contributed by atoms with E-state index in [-0.39, 0.29) is 5.92 Å². The lowest BCUT2D eigenvalue weighted by Crippen LogP contribution is -2.21. The first-order valence-corrected chi connectivity index (χ1v) is 6.68. The molecule has 2 aromatic heterocycles. The van der Waals surface area contributed by atoms with Crippen LogP contribution in [0.4, 0.5) is 0 Å². The van der Waals surface area contributed by atoms with E-state index >= 15 is 0 Å². The number of nitrogens with zero attached hydrogens (tertiary/aromatic N) is 2. The van der Waals surface area contributed by atoms with E-state index in [4.69, 9.17) is 5.11 Å². The molecule has 0 bridgehead atoms. The van der Waals surface area contributed by atoms with Crippen molar-refractivity contribution in [2.24, 2.45) is 5.92 Å². The first-order chi connectivity index (χ1) is 8.74. The zero-order valence-corrected chi connectivity index (χ0v) is 10.5. The van der Waals surface area contributed by atoms with Gasteiger partial charge >= 0.3 is 5.97 Å². The van der Waals surface area contributed by atoms with Crippen LogP contribution < -0.4 is 0 Å². The molecule has 18 heavy (non-hydrogen) atoms. The van der Waals surface area contributed by atoms with Gasteiger partial charge in [0.25, 0.3) is 0 Å². The summed E-state index contributed by atoms with van der Waals surface area (Å²) in [5.74, 6) is -0.956. The van der Waals surface area contributed by atoms with Gasteiger partial charge in [0.15, 0.2) is 0 Å². The molecular formula is C13H12N2O2S. The quantitative estimate of drug-likeness (QED) is 0.900. The predicted octanol–water partition coefficient (Wildman–Crippen LogP) is 2.39. The maximum Gasteiger partial charge on any atom is 0.306 e. The van der Waals surface area contributed by atoms with Crippen LogP contribution in [0.25, 0.3) is 10.7 Å². The Morgan fingerprint density at radius 2 is 2.33 bits per heavy atom. The molecule has 5 heteroatoms. The van der Waals surface area contributed by atoms with Gasteiger partial charge in [0.1, 0.15) is 5.01 Å². The van der Waals surface area contributed by atoms with E-state index in [2.05, 4.69) is 9.97 Å². The van der Waals surface area contributed by atoms with E-state index in [1.165, 1.54) is 0 Å². The van der Waals surface area contributed by atoms with Crippen molar-refractivity contribution < 1.29 is 9.90 Å². The molecule has 4 nitrogen and oxygen atoms in total.